The van der Waals surface area contributed by atoms with Gasteiger partial charge in [0.1, 0.15) is 12.7 Å². The maximum atomic E-state index is 6.11. The minimum absolute atomic E-state index is 0.000672. The maximum absolute atomic E-state index is 6.11. The molecule has 0 saturated carbocycles. The normalized spacial score (nSPS) is 18.5. The zero-order valence-electron chi connectivity index (χ0n) is 11.8. The van der Waals surface area contributed by atoms with Gasteiger partial charge >= 0.3 is 0 Å². The topological polar surface area (TPSA) is 30.5 Å². The van der Waals surface area contributed by atoms with E-state index in [1.165, 1.54) is 4.88 Å². The summed E-state index contributed by atoms with van der Waals surface area (Å²) in [6.07, 6.45) is 0.891. The highest BCUT2D eigenvalue weighted by Gasteiger charge is 2.28. The van der Waals surface area contributed by atoms with E-state index in [9.17, 15) is 0 Å². The lowest BCUT2D eigenvalue weighted by Crippen LogP contribution is -2.48. The average molecular weight is 324 g/mol. The Kier molecular flexibility index (Phi) is 4.68. The van der Waals surface area contributed by atoms with Crippen molar-refractivity contribution in [2.24, 2.45) is 0 Å². The molecule has 3 rings (SSSR count). The van der Waals surface area contributed by atoms with Crippen LogP contribution in [0.5, 0.6) is 11.5 Å². The average Bonchev–Trinajstić information content (AvgIpc) is 2.91. The van der Waals surface area contributed by atoms with Crippen molar-refractivity contribution in [1.82, 2.24) is 5.32 Å². The van der Waals surface area contributed by atoms with Crippen molar-refractivity contribution in [1.29, 1.82) is 0 Å². The lowest BCUT2D eigenvalue weighted by Gasteiger charge is -2.32. The largest absolute Gasteiger partial charge is 0.486 e. The maximum Gasteiger partial charge on any atom is 0.161 e. The summed E-state index contributed by atoms with van der Waals surface area (Å²) < 4.78 is 12.8. The van der Waals surface area contributed by atoms with Crippen LogP contribution in [0, 0.1) is 0 Å². The molecule has 0 bridgehead atoms. The van der Waals surface area contributed by atoms with Crippen LogP contribution >= 0.6 is 22.9 Å². The van der Waals surface area contributed by atoms with Crippen LogP contribution in [0.1, 0.15) is 11.8 Å². The molecule has 2 aromatic rings. The predicted octanol–water partition coefficient (Wildman–Crippen LogP) is 3.76. The molecule has 1 aromatic carbocycles. The van der Waals surface area contributed by atoms with E-state index in [1.807, 2.05) is 30.3 Å². The van der Waals surface area contributed by atoms with Gasteiger partial charge < -0.3 is 14.8 Å². The molecule has 112 valence electrons. The van der Waals surface area contributed by atoms with Crippen molar-refractivity contribution in [3.63, 3.8) is 0 Å². The Morgan fingerprint density at radius 2 is 2.10 bits per heavy atom. The Balaban J connectivity index is 1.72. The van der Waals surface area contributed by atoms with Gasteiger partial charge in [-0.05, 0) is 30.8 Å². The second-order valence-electron chi connectivity index (χ2n) is 4.99. The fourth-order valence-corrected chi connectivity index (χ4v) is 3.66. The first-order valence-electron chi connectivity index (χ1n) is 7.12. The van der Waals surface area contributed by atoms with Crippen LogP contribution in [0.3, 0.4) is 0 Å². The van der Waals surface area contributed by atoms with Crippen molar-refractivity contribution in [3.05, 3.63) is 45.6 Å². The van der Waals surface area contributed by atoms with Crippen molar-refractivity contribution < 1.29 is 9.47 Å². The molecule has 1 aliphatic rings. The van der Waals surface area contributed by atoms with Gasteiger partial charge in [-0.25, -0.2) is 0 Å². The number of thiophene rings is 1. The van der Waals surface area contributed by atoms with E-state index in [2.05, 4.69) is 18.3 Å². The number of para-hydroxylation sites is 2. The number of hydrogen-bond donors (Lipinski definition) is 1. The summed E-state index contributed by atoms with van der Waals surface area (Å²) in [5, 5.41) is 3.50. The third kappa shape index (κ3) is 3.51. The van der Waals surface area contributed by atoms with Gasteiger partial charge in [-0.1, -0.05) is 30.7 Å². The van der Waals surface area contributed by atoms with Gasteiger partial charge in [0.25, 0.3) is 0 Å². The van der Waals surface area contributed by atoms with Gasteiger partial charge in [-0.15, -0.1) is 11.3 Å². The molecule has 0 radical (unpaired) electrons. The molecular weight excluding hydrogens is 306 g/mol. The SMILES string of the molecule is CCNC(Cc1ccc(Cl)s1)C1COc2ccccc2O1. The van der Waals surface area contributed by atoms with E-state index in [0.717, 1.165) is 28.8 Å². The fraction of sp³-hybridized carbons (Fsp3) is 0.375. The van der Waals surface area contributed by atoms with Gasteiger partial charge in [0.15, 0.2) is 11.5 Å². The number of nitrogens with one attached hydrogen (secondary N) is 1. The number of hydrogen-bond acceptors (Lipinski definition) is 4. The predicted molar refractivity (Wildman–Crippen MR) is 86.9 cm³/mol. The van der Waals surface area contributed by atoms with E-state index in [4.69, 9.17) is 21.1 Å². The van der Waals surface area contributed by atoms with Crippen LogP contribution in [0.25, 0.3) is 0 Å². The lowest BCUT2D eigenvalue weighted by molar-refractivity contribution is 0.0626. The van der Waals surface area contributed by atoms with Crippen LogP contribution in [0.2, 0.25) is 4.34 Å². The molecular formula is C16H18ClNO2S. The Bertz CT molecular complexity index is 601. The molecule has 1 N–H and O–H groups in total. The molecule has 0 fully saturated rings. The van der Waals surface area contributed by atoms with Crippen LogP contribution in [0.15, 0.2) is 36.4 Å². The van der Waals surface area contributed by atoms with Crippen LogP contribution < -0.4 is 14.8 Å². The van der Waals surface area contributed by atoms with Crippen molar-refractivity contribution in [3.8, 4) is 11.5 Å². The smallest absolute Gasteiger partial charge is 0.161 e. The molecule has 0 aliphatic carbocycles. The second kappa shape index (κ2) is 6.69. The number of ether oxygens (including phenoxy) is 2. The zero-order valence-corrected chi connectivity index (χ0v) is 13.4. The van der Waals surface area contributed by atoms with Crippen molar-refractivity contribution in [2.75, 3.05) is 13.2 Å². The number of rotatable bonds is 5. The van der Waals surface area contributed by atoms with Gasteiger partial charge in [-0.2, -0.15) is 0 Å². The summed E-state index contributed by atoms with van der Waals surface area (Å²) in [4.78, 5) is 1.26. The molecule has 5 heteroatoms. The van der Waals surface area contributed by atoms with E-state index in [-0.39, 0.29) is 12.1 Å². The molecule has 1 aromatic heterocycles. The second-order valence-corrected chi connectivity index (χ2v) is 6.79. The van der Waals surface area contributed by atoms with Crippen LogP contribution in [-0.4, -0.2) is 25.3 Å². The number of benzene rings is 1. The van der Waals surface area contributed by atoms with Gasteiger partial charge in [0, 0.05) is 11.3 Å². The van der Waals surface area contributed by atoms with Gasteiger partial charge in [0.05, 0.1) is 10.4 Å². The summed E-state index contributed by atoms with van der Waals surface area (Å²) in [7, 11) is 0. The molecule has 1 aliphatic heterocycles. The van der Waals surface area contributed by atoms with Crippen LogP contribution in [-0.2, 0) is 6.42 Å². The molecule has 2 atom stereocenters. The van der Waals surface area contributed by atoms with E-state index in [0.29, 0.717) is 6.61 Å². The highest BCUT2D eigenvalue weighted by atomic mass is 35.5. The standard InChI is InChI=1S/C16H18ClNO2S/c1-2-18-12(9-11-7-8-16(17)21-11)15-10-19-13-5-3-4-6-14(13)20-15/h3-8,12,15,18H,2,9-10H2,1H3. The first kappa shape index (κ1) is 14.7. The molecule has 3 nitrogen and oxygen atoms in total. The van der Waals surface area contributed by atoms with Crippen molar-refractivity contribution in [2.45, 2.75) is 25.5 Å². The summed E-state index contributed by atoms with van der Waals surface area (Å²) in [6, 6.07) is 12.0. The van der Waals surface area contributed by atoms with Crippen molar-refractivity contribution >= 4 is 22.9 Å². The number of halogens is 1. The molecule has 0 spiro atoms. The highest BCUT2D eigenvalue weighted by Crippen LogP contribution is 2.32. The molecule has 2 heterocycles. The summed E-state index contributed by atoms with van der Waals surface area (Å²) >= 11 is 7.64. The fourth-order valence-electron chi connectivity index (χ4n) is 2.51. The van der Waals surface area contributed by atoms with Gasteiger partial charge in [0.2, 0.25) is 0 Å². The summed E-state index contributed by atoms with van der Waals surface area (Å²) in [5.41, 5.74) is 0. The minimum Gasteiger partial charge on any atom is -0.486 e. The summed E-state index contributed by atoms with van der Waals surface area (Å²) in [6.45, 7) is 3.56. The molecule has 21 heavy (non-hydrogen) atoms. The molecule has 0 amide bonds. The van der Waals surface area contributed by atoms with E-state index >= 15 is 0 Å². The van der Waals surface area contributed by atoms with E-state index in [1.54, 1.807) is 11.3 Å². The van der Waals surface area contributed by atoms with Gasteiger partial charge in [-0.3, -0.25) is 0 Å². The third-order valence-electron chi connectivity index (χ3n) is 3.50. The Labute approximate surface area is 133 Å². The number of likely N-dealkylation sites (N-methyl/N-ethyl adjacent to an activating group) is 1. The van der Waals surface area contributed by atoms with E-state index < -0.39 is 0 Å². The molecule has 2 unspecified atom stereocenters. The van der Waals surface area contributed by atoms with Crippen LogP contribution in [0.4, 0.5) is 0 Å². The monoisotopic (exact) mass is 323 g/mol. The summed E-state index contributed by atoms with van der Waals surface area (Å²) in [5.74, 6) is 1.64. The third-order valence-corrected chi connectivity index (χ3v) is 4.75. The Morgan fingerprint density at radius 3 is 2.81 bits per heavy atom. The Morgan fingerprint density at radius 1 is 1.29 bits per heavy atom. The zero-order chi connectivity index (χ0) is 14.7. The quantitative estimate of drug-likeness (QED) is 0.908. The lowest BCUT2D eigenvalue weighted by atomic mass is 10.1. The molecule has 0 saturated heterocycles. The first-order valence-corrected chi connectivity index (χ1v) is 8.32. The first-order chi connectivity index (χ1) is 10.3. The number of fused-ring (bicyclic) bond motifs is 1. The highest BCUT2D eigenvalue weighted by molar-refractivity contribution is 7.16. The minimum atomic E-state index is 0.000672. The Hall–Kier alpha value is -1.23.